The van der Waals surface area contributed by atoms with Crippen LogP contribution in [0.5, 0.6) is 0 Å². The van der Waals surface area contributed by atoms with Crippen molar-refractivity contribution in [1.29, 1.82) is 0 Å². The molecule has 1 N–H and O–H groups in total. The summed E-state index contributed by atoms with van der Waals surface area (Å²) in [5.74, 6) is -0.798. The molecule has 5 nitrogen and oxygen atoms in total. The molecule has 0 spiro atoms. The van der Waals surface area contributed by atoms with E-state index < -0.39 is 5.97 Å². The molecule has 0 bridgehead atoms. The Morgan fingerprint density at radius 2 is 1.85 bits per heavy atom. The van der Waals surface area contributed by atoms with Crippen LogP contribution in [0.15, 0.2) is 65.3 Å². The maximum atomic E-state index is 12.9. The normalized spacial score (nSPS) is 15.4. The summed E-state index contributed by atoms with van der Waals surface area (Å²) in [6, 6.07) is 16.3. The van der Waals surface area contributed by atoms with E-state index in [1.54, 1.807) is 30.3 Å². The number of para-hydroxylation sites is 1. The molecule has 0 aromatic heterocycles. The van der Waals surface area contributed by atoms with Gasteiger partial charge in [0.15, 0.2) is 5.17 Å². The second-order valence-electron chi connectivity index (χ2n) is 5.44. The summed E-state index contributed by atoms with van der Waals surface area (Å²) in [7, 11) is 0. The minimum absolute atomic E-state index is 0.00324. The Morgan fingerprint density at radius 1 is 1.15 bits per heavy atom. The summed E-state index contributed by atoms with van der Waals surface area (Å²) < 4.78 is 0. The molecule has 132 valence electrons. The van der Waals surface area contributed by atoms with Crippen LogP contribution in [0.3, 0.4) is 0 Å². The second kappa shape index (κ2) is 8.21. The number of halogens is 1. The molecule has 0 unspecified atom stereocenters. The van der Waals surface area contributed by atoms with Gasteiger partial charge < -0.3 is 5.11 Å². The standard InChI is InChI=1S/C19H15ClN2O3S/c20-14-8-6-13(7-9-14)12-16-18(25)22(15-4-2-1-3-5-15)19(21-16)26-11-10-17(23)24/h1-9,12H,10-11H2,(H,23,24)/b16-12-. The van der Waals surface area contributed by atoms with Crippen LogP contribution in [0.2, 0.25) is 5.02 Å². The Kier molecular flexibility index (Phi) is 5.75. The highest BCUT2D eigenvalue weighted by Crippen LogP contribution is 2.29. The number of carboxylic acids is 1. The predicted octanol–water partition coefficient (Wildman–Crippen LogP) is 4.29. The zero-order chi connectivity index (χ0) is 18.5. The van der Waals surface area contributed by atoms with E-state index >= 15 is 0 Å². The number of thioether (sulfide) groups is 1. The van der Waals surface area contributed by atoms with E-state index in [2.05, 4.69) is 4.99 Å². The molecule has 1 aliphatic heterocycles. The third kappa shape index (κ3) is 4.33. The van der Waals surface area contributed by atoms with Gasteiger partial charge in [0.2, 0.25) is 0 Å². The molecule has 1 heterocycles. The molecule has 0 saturated carbocycles. The molecular formula is C19H15ClN2O3S. The first-order chi connectivity index (χ1) is 12.5. The number of hydrogen-bond donors (Lipinski definition) is 1. The third-order valence-electron chi connectivity index (χ3n) is 3.56. The zero-order valence-electron chi connectivity index (χ0n) is 13.6. The number of hydrogen-bond acceptors (Lipinski definition) is 4. The fourth-order valence-electron chi connectivity index (χ4n) is 2.34. The van der Waals surface area contributed by atoms with Gasteiger partial charge in [-0.15, -0.1) is 0 Å². The smallest absolute Gasteiger partial charge is 0.304 e. The van der Waals surface area contributed by atoms with E-state index in [0.29, 0.717) is 27.3 Å². The fourth-order valence-corrected chi connectivity index (χ4v) is 3.41. The van der Waals surface area contributed by atoms with Gasteiger partial charge >= 0.3 is 5.97 Å². The van der Waals surface area contributed by atoms with Gasteiger partial charge in [-0.25, -0.2) is 4.99 Å². The summed E-state index contributed by atoms with van der Waals surface area (Å²) in [5, 5.41) is 9.93. The van der Waals surface area contributed by atoms with Crippen LogP contribution in [0.25, 0.3) is 6.08 Å². The predicted molar refractivity (Wildman–Crippen MR) is 106 cm³/mol. The van der Waals surface area contributed by atoms with Crippen LogP contribution in [0.1, 0.15) is 12.0 Å². The lowest BCUT2D eigenvalue weighted by Crippen LogP contribution is -2.30. The van der Waals surface area contributed by atoms with Crippen LogP contribution in [0, 0.1) is 0 Å². The highest BCUT2D eigenvalue weighted by atomic mass is 35.5. The quantitative estimate of drug-likeness (QED) is 0.778. The first-order valence-electron chi connectivity index (χ1n) is 7.84. The highest BCUT2D eigenvalue weighted by molar-refractivity contribution is 8.14. The van der Waals surface area contributed by atoms with Crippen molar-refractivity contribution in [1.82, 2.24) is 0 Å². The van der Waals surface area contributed by atoms with E-state index in [0.717, 1.165) is 5.56 Å². The van der Waals surface area contributed by atoms with E-state index in [4.69, 9.17) is 16.7 Å². The first kappa shape index (κ1) is 18.2. The van der Waals surface area contributed by atoms with Gasteiger partial charge in [0.05, 0.1) is 12.1 Å². The molecule has 0 atom stereocenters. The number of anilines is 1. The molecule has 0 saturated heterocycles. The summed E-state index contributed by atoms with van der Waals surface area (Å²) in [4.78, 5) is 29.6. The number of amidine groups is 1. The summed E-state index contributed by atoms with van der Waals surface area (Å²) in [6.07, 6.45) is 1.69. The van der Waals surface area contributed by atoms with Crippen molar-refractivity contribution in [2.75, 3.05) is 10.7 Å². The van der Waals surface area contributed by atoms with Crippen molar-refractivity contribution < 1.29 is 14.7 Å². The number of aliphatic carboxylic acids is 1. The second-order valence-corrected chi connectivity index (χ2v) is 6.94. The van der Waals surface area contributed by atoms with Crippen LogP contribution in [-0.2, 0) is 9.59 Å². The molecule has 0 aliphatic carbocycles. The monoisotopic (exact) mass is 386 g/mol. The SMILES string of the molecule is O=C(O)CCSC1=N/C(=C\c2ccc(Cl)cc2)C(=O)N1c1ccccc1. The van der Waals surface area contributed by atoms with Gasteiger partial charge in [0.1, 0.15) is 5.70 Å². The topological polar surface area (TPSA) is 70.0 Å². The summed E-state index contributed by atoms with van der Waals surface area (Å²) in [6.45, 7) is 0. The zero-order valence-corrected chi connectivity index (χ0v) is 15.2. The number of aliphatic imine (C=N–C) groups is 1. The molecule has 3 rings (SSSR count). The van der Waals surface area contributed by atoms with Crippen molar-refractivity contribution in [2.45, 2.75) is 6.42 Å². The Labute approximate surface area is 160 Å². The van der Waals surface area contributed by atoms with Gasteiger partial charge in [-0.05, 0) is 35.9 Å². The lowest BCUT2D eigenvalue weighted by molar-refractivity contribution is -0.136. The third-order valence-corrected chi connectivity index (χ3v) is 4.76. The first-order valence-corrected chi connectivity index (χ1v) is 9.21. The Bertz CT molecular complexity index is 879. The van der Waals surface area contributed by atoms with Gasteiger partial charge in [-0.1, -0.05) is 53.7 Å². The number of rotatable bonds is 5. The number of amides is 1. The van der Waals surface area contributed by atoms with Gasteiger partial charge in [-0.3, -0.25) is 14.5 Å². The Hall–Kier alpha value is -2.57. The van der Waals surface area contributed by atoms with Gasteiger partial charge in [-0.2, -0.15) is 0 Å². The van der Waals surface area contributed by atoms with Gasteiger partial charge in [0, 0.05) is 10.8 Å². The van der Waals surface area contributed by atoms with Gasteiger partial charge in [0.25, 0.3) is 5.91 Å². The van der Waals surface area contributed by atoms with Crippen molar-refractivity contribution >= 4 is 52.2 Å². The largest absolute Gasteiger partial charge is 0.481 e. The van der Waals surface area contributed by atoms with Crippen LogP contribution >= 0.6 is 23.4 Å². The average Bonchev–Trinajstić information content (AvgIpc) is 2.93. The molecule has 0 radical (unpaired) electrons. The number of carboxylic acid groups (broad SMARTS) is 1. The van der Waals surface area contributed by atoms with Crippen LogP contribution in [0.4, 0.5) is 5.69 Å². The van der Waals surface area contributed by atoms with Crippen molar-refractivity contribution in [3.05, 3.63) is 70.9 Å². The van der Waals surface area contributed by atoms with E-state index in [-0.39, 0.29) is 12.3 Å². The molecule has 1 amide bonds. The average molecular weight is 387 g/mol. The van der Waals surface area contributed by atoms with Crippen LogP contribution < -0.4 is 4.90 Å². The maximum Gasteiger partial charge on any atom is 0.304 e. The Balaban J connectivity index is 1.91. The molecule has 0 fully saturated rings. The van der Waals surface area contributed by atoms with E-state index in [9.17, 15) is 9.59 Å². The molecule has 1 aliphatic rings. The molecular weight excluding hydrogens is 372 g/mol. The van der Waals surface area contributed by atoms with Crippen LogP contribution in [-0.4, -0.2) is 27.9 Å². The fraction of sp³-hybridized carbons (Fsp3) is 0.105. The molecule has 7 heteroatoms. The molecule has 2 aromatic rings. The minimum Gasteiger partial charge on any atom is -0.481 e. The molecule has 26 heavy (non-hydrogen) atoms. The number of carbonyl (C=O) groups excluding carboxylic acids is 1. The number of benzene rings is 2. The van der Waals surface area contributed by atoms with E-state index in [1.165, 1.54) is 16.7 Å². The summed E-state index contributed by atoms with van der Waals surface area (Å²) >= 11 is 7.14. The minimum atomic E-state index is -0.884. The Morgan fingerprint density at radius 3 is 2.50 bits per heavy atom. The summed E-state index contributed by atoms with van der Waals surface area (Å²) in [5.41, 5.74) is 1.80. The lowest BCUT2D eigenvalue weighted by Gasteiger charge is -2.17. The van der Waals surface area contributed by atoms with Crippen molar-refractivity contribution in [2.24, 2.45) is 4.99 Å². The van der Waals surface area contributed by atoms with Crippen molar-refractivity contribution in [3.63, 3.8) is 0 Å². The van der Waals surface area contributed by atoms with Crippen molar-refractivity contribution in [3.8, 4) is 0 Å². The highest BCUT2D eigenvalue weighted by Gasteiger charge is 2.31. The lowest BCUT2D eigenvalue weighted by atomic mass is 10.2. The number of nitrogens with zero attached hydrogens (tertiary/aromatic N) is 2. The number of carbonyl (C=O) groups is 2. The van der Waals surface area contributed by atoms with E-state index in [1.807, 2.05) is 30.3 Å². The maximum absolute atomic E-state index is 12.9. The molecule has 2 aromatic carbocycles.